The Morgan fingerprint density at radius 3 is 0.905 bits per heavy atom. The lowest BCUT2D eigenvalue weighted by molar-refractivity contribution is -0.870. The smallest absolute Gasteiger partial charge is 0.306 e. The Bertz CT molecular complexity index is 2030. The summed E-state index contributed by atoms with van der Waals surface area (Å²) in [5, 5.41) is 11.9. The summed E-state index contributed by atoms with van der Waals surface area (Å²) < 4.78 is 22.8. The molecule has 0 aromatic carbocycles. The topological polar surface area (TPSA) is 111 Å². The predicted octanol–water partition coefficient (Wildman–Crippen LogP) is 23.9. The molecule has 0 bridgehead atoms. The number of hydrogen-bond donors (Lipinski definition) is 0. The molecule has 0 rings (SSSR count). The van der Waals surface area contributed by atoms with Crippen molar-refractivity contribution < 1.29 is 42.9 Å². The second-order valence-corrected chi connectivity index (χ2v) is 27.3. The van der Waals surface area contributed by atoms with Gasteiger partial charge in [0, 0.05) is 12.8 Å². The average molecular weight is 1320 g/mol. The highest BCUT2D eigenvalue weighted by atomic mass is 16.7. The summed E-state index contributed by atoms with van der Waals surface area (Å²) in [5.74, 6) is -2.30. The molecular weight excluding hydrogens is 1170 g/mol. The maximum atomic E-state index is 13.0. The van der Waals surface area contributed by atoms with E-state index < -0.39 is 24.3 Å². The van der Waals surface area contributed by atoms with Gasteiger partial charge in [-0.25, -0.2) is 0 Å². The Morgan fingerprint density at radius 1 is 0.326 bits per heavy atom. The van der Waals surface area contributed by atoms with E-state index in [-0.39, 0.29) is 38.6 Å². The number of hydrogen-bond acceptors (Lipinski definition) is 8. The van der Waals surface area contributed by atoms with Crippen LogP contribution in [-0.2, 0) is 33.3 Å². The van der Waals surface area contributed by atoms with Crippen LogP contribution in [-0.4, -0.2) is 82.3 Å². The third-order valence-electron chi connectivity index (χ3n) is 16.9. The van der Waals surface area contributed by atoms with Gasteiger partial charge in [0.1, 0.15) is 13.2 Å². The molecular formula is C86H147NO8. The van der Waals surface area contributed by atoms with Crippen molar-refractivity contribution in [1.29, 1.82) is 0 Å². The van der Waals surface area contributed by atoms with Crippen LogP contribution in [0.4, 0.5) is 0 Å². The monoisotopic (exact) mass is 1320 g/mol. The fraction of sp³-hybridized carbons (Fsp3) is 0.709. The SMILES string of the molecule is CC/C=C\C/C=C\C/C=C\C/C=C\C/C=C\C/C=C\C/C=C\C/C=C\C/C=C\C/C=C\CCCCCCCCC(=O)OC(COC(=O)CCCCCCCCCCCCCCCCCCCCCCC/C=C\CCCCCCCCCC)COC(OCC[N+](C)(C)C)C(=O)[O-]. The summed E-state index contributed by atoms with van der Waals surface area (Å²) in [7, 11) is 5.93. The maximum Gasteiger partial charge on any atom is 0.306 e. The van der Waals surface area contributed by atoms with Gasteiger partial charge in [-0.2, -0.15) is 0 Å². The number of aliphatic carboxylic acids is 1. The minimum Gasteiger partial charge on any atom is -0.545 e. The van der Waals surface area contributed by atoms with Crippen molar-refractivity contribution in [2.75, 3.05) is 47.5 Å². The van der Waals surface area contributed by atoms with Crippen molar-refractivity contribution >= 4 is 17.9 Å². The molecule has 0 N–H and O–H groups in total. The Kier molecular flexibility index (Phi) is 71.6. The van der Waals surface area contributed by atoms with E-state index in [1.54, 1.807) is 0 Å². The number of carboxylic acids is 1. The molecule has 2 unspecified atom stereocenters. The number of likely N-dealkylation sites (N-methyl/N-ethyl adjacent to an activating group) is 1. The number of carbonyl (C=O) groups is 3. The highest BCUT2D eigenvalue weighted by molar-refractivity contribution is 5.70. The van der Waals surface area contributed by atoms with E-state index in [2.05, 4.69) is 148 Å². The molecule has 0 aliphatic heterocycles. The molecule has 2 atom stereocenters. The maximum absolute atomic E-state index is 13.0. The van der Waals surface area contributed by atoms with Gasteiger partial charge in [0.2, 0.25) is 0 Å². The van der Waals surface area contributed by atoms with E-state index in [9.17, 15) is 19.5 Å². The normalized spacial score (nSPS) is 13.4. The number of allylic oxidation sites excluding steroid dienone is 22. The number of quaternary nitrogens is 1. The van der Waals surface area contributed by atoms with Gasteiger partial charge in [-0.1, -0.05) is 340 Å². The fourth-order valence-electron chi connectivity index (χ4n) is 10.9. The Labute approximate surface area is 586 Å². The van der Waals surface area contributed by atoms with E-state index in [0.29, 0.717) is 17.4 Å². The Balaban J connectivity index is 4.12. The average Bonchev–Trinajstić information content (AvgIpc) is 3.75. The molecule has 0 aromatic heterocycles. The zero-order valence-corrected chi connectivity index (χ0v) is 62.3. The van der Waals surface area contributed by atoms with E-state index in [1.165, 1.54) is 180 Å². The van der Waals surface area contributed by atoms with Crippen molar-refractivity contribution in [2.24, 2.45) is 0 Å². The lowest BCUT2D eigenvalue weighted by atomic mass is 10.0. The van der Waals surface area contributed by atoms with Crippen LogP contribution in [0.2, 0.25) is 0 Å². The summed E-state index contributed by atoms with van der Waals surface area (Å²) >= 11 is 0. The molecule has 0 aromatic rings. The summed E-state index contributed by atoms with van der Waals surface area (Å²) in [5.41, 5.74) is 0. The minimum absolute atomic E-state index is 0.139. The first-order valence-electron chi connectivity index (χ1n) is 39.3. The molecule has 0 amide bonds. The van der Waals surface area contributed by atoms with Crippen LogP contribution < -0.4 is 5.11 Å². The van der Waals surface area contributed by atoms with Crippen molar-refractivity contribution in [3.8, 4) is 0 Å². The van der Waals surface area contributed by atoms with Gasteiger partial charge in [0.15, 0.2) is 12.4 Å². The second-order valence-electron chi connectivity index (χ2n) is 27.3. The van der Waals surface area contributed by atoms with Gasteiger partial charge in [0.25, 0.3) is 0 Å². The predicted molar refractivity (Wildman–Crippen MR) is 407 cm³/mol. The molecule has 0 spiro atoms. The molecule has 0 aliphatic rings. The third kappa shape index (κ3) is 76.7. The Hall–Kier alpha value is -4.57. The standard InChI is InChI=1S/C86H147NO8/c1-6-8-10-12-14-16-18-20-22-24-26-28-30-32-34-36-38-40-41-42-43-45-47-49-51-53-55-57-59-61-63-65-67-69-71-73-75-77-84(89)95-82(81-94-86(85(90)91)92-79-78-87(3,4)5)80-93-83(88)76-74-72-70-68-66-64-62-60-58-56-54-52-50-48-46-44-39-37-35-33-31-29-27-25-23-21-19-17-15-13-11-9-7-2/h8,10,14,16,20,22,25-28,32,34,38,40,42-43,47,49,53,55,59,61,82,86H,6-7,9,11-13,15,17-19,21,23-24,29-31,33,35-37,39,41,44-46,48,50-52,54,56-58,60,62-81H2,1-5H3/b10-8-,16-14-,22-20-,27-25-,28-26-,34-32-,40-38-,43-42-,49-47-,55-53-,61-59-. The van der Waals surface area contributed by atoms with Gasteiger partial charge in [-0.15, -0.1) is 0 Å². The molecule has 0 fully saturated rings. The zero-order valence-electron chi connectivity index (χ0n) is 62.3. The third-order valence-corrected chi connectivity index (χ3v) is 16.9. The molecule has 9 heteroatoms. The van der Waals surface area contributed by atoms with Gasteiger partial charge in [-0.3, -0.25) is 9.59 Å². The number of rotatable bonds is 72. The second kappa shape index (κ2) is 75.2. The molecule has 0 saturated heterocycles. The van der Waals surface area contributed by atoms with Crippen LogP contribution in [0.3, 0.4) is 0 Å². The number of ether oxygens (including phenoxy) is 4. The molecule has 0 radical (unpaired) electrons. The van der Waals surface area contributed by atoms with Gasteiger partial charge in [-0.05, 0) is 116 Å². The fourth-order valence-corrected chi connectivity index (χ4v) is 10.9. The quantitative estimate of drug-likeness (QED) is 0.0195. The molecule has 95 heavy (non-hydrogen) atoms. The summed E-state index contributed by atoms with van der Waals surface area (Å²) in [6.45, 7) is 4.64. The van der Waals surface area contributed by atoms with Crippen LogP contribution in [0.15, 0.2) is 134 Å². The van der Waals surface area contributed by atoms with E-state index in [4.69, 9.17) is 18.9 Å². The van der Waals surface area contributed by atoms with Crippen LogP contribution in [0.5, 0.6) is 0 Å². The van der Waals surface area contributed by atoms with Crippen LogP contribution >= 0.6 is 0 Å². The van der Waals surface area contributed by atoms with Crippen molar-refractivity contribution in [3.63, 3.8) is 0 Å². The van der Waals surface area contributed by atoms with Gasteiger partial charge < -0.3 is 33.3 Å². The van der Waals surface area contributed by atoms with Crippen molar-refractivity contribution in [2.45, 2.75) is 347 Å². The number of carboxylic acid groups (broad SMARTS) is 1. The van der Waals surface area contributed by atoms with E-state index in [1.807, 2.05) is 21.1 Å². The number of nitrogens with zero attached hydrogens (tertiary/aromatic N) is 1. The van der Waals surface area contributed by atoms with Crippen molar-refractivity contribution in [3.05, 3.63) is 134 Å². The summed E-state index contributed by atoms with van der Waals surface area (Å²) in [4.78, 5) is 37.6. The highest BCUT2D eigenvalue weighted by Crippen LogP contribution is 2.18. The van der Waals surface area contributed by atoms with Crippen LogP contribution in [0, 0.1) is 0 Å². The first-order valence-corrected chi connectivity index (χ1v) is 39.3. The lowest BCUT2D eigenvalue weighted by Gasteiger charge is -2.26. The van der Waals surface area contributed by atoms with E-state index >= 15 is 0 Å². The number of esters is 2. The van der Waals surface area contributed by atoms with Crippen molar-refractivity contribution in [1.82, 2.24) is 0 Å². The number of carbonyl (C=O) groups excluding carboxylic acids is 3. The highest BCUT2D eigenvalue weighted by Gasteiger charge is 2.22. The number of unbranched alkanes of at least 4 members (excludes halogenated alkanes) is 35. The van der Waals surface area contributed by atoms with Gasteiger partial charge >= 0.3 is 11.9 Å². The van der Waals surface area contributed by atoms with Crippen LogP contribution in [0.25, 0.3) is 0 Å². The summed E-state index contributed by atoms with van der Waals surface area (Å²) in [6, 6.07) is 0. The largest absolute Gasteiger partial charge is 0.545 e. The molecule has 9 nitrogen and oxygen atoms in total. The van der Waals surface area contributed by atoms with Gasteiger partial charge in [0.05, 0.1) is 40.3 Å². The molecule has 0 heterocycles. The molecule has 0 saturated carbocycles. The molecule has 0 aliphatic carbocycles. The first-order chi connectivity index (χ1) is 46.6. The Morgan fingerprint density at radius 2 is 0.600 bits per heavy atom. The summed E-state index contributed by atoms with van der Waals surface area (Å²) in [6.07, 6.45) is 106. The van der Waals surface area contributed by atoms with E-state index in [0.717, 1.165) is 122 Å². The van der Waals surface area contributed by atoms with Crippen LogP contribution in [0.1, 0.15) is 335 Å². The first kappa shape index (κ1) is 90.4. The zero-order chi connectivity index (χ0) is 69.0. The molecule has 544 valence electrons. The minimum atomic E-state index is -1.63. The lowest BCUT2D eigenvalue weighted by Crippen LogP contribution is -2.44.